The van der Waals surface area contributed by atoms with E-state index in [0.29, 0.717) is 5.92 Å². The fourth-order valence-corrected chi connectivity index (χ4v) is 3.88. The zero-order valence-corrected chi connectivity index (χ0v) is 13.5. The minimum atomic E-state index is 0.693. The van der Waals surface area contributed by atoms with E-state index in [1.54, 1.807) is 0 Å². The molecule has 2 heterocycles. The van der Waals surface area contributed by atoms with Gasteiger partial charge in [0.2, 0.25) is 0 Å². The third-order valence-electron chi connectivity index (χ3n) is 5.15. The van der Waals surface area contributed by atoms with E-state index in [2.05, 4.69) is 53.5 Å². The first-order chi connectivity index (χ1) is 10.2. The molecule has 116 valence electrons. The molecule has 0 saturated carbocycles. The van der Waals surface area contributed by atoms with E-state index in [4.69, 9.17) is 0 Å². The molecule has 1 aromatic rings. The van der Waals surface area contributed by atoms with Crippen molar-refractivity contribution in [1.29, 1.82) is 0 Å². The minimum Gasteiger partial charge on any atom is -0.385 e. The Bertz CT molecular complexity index is 452. The second-order valence-corrected chi connectivity index (χ2v) is 6.97. The normalized spacial score (nSPS) is 23.9. The van der Waals surface area contributed by atoms with Crippen molar-refractivity contribution in [2.75, 3.05) is 52.1 Å². The van der Waals surface area contributed by atoms with Gasteiger partial charge in [0.1, 0.15) is 0 Å². The number of fused-ring (bicyclic) bond motifs is 1. The molecule has 0 spiro atoms. The van der Waals surface area contributed by atoms with Crippen LogP contribution in [0, 0.1) is 5.92 Å². The summed E-state index contributed by atoms with van der Waals surface area (Å²) in [6, 6.07) is 8.83. The largest absolute Gasteiger partial charge is 0.385 e. The lowest BCUT2D eigenvalue weighted by molar-refractivity contribution is 0.171. The van der Waals surface area contributed by atoms with E-state index in [-0.39, 0.29) is 0 Å². The number of benzene rings is 1. The van der Waals surface area contributed by atoms with Gasteiger partial charge in [0.05, 0.1) is 0 Å². The number of para-hydroxylation sites is 1. The van der Waals surface area contributed by atoms with Gasteiger partial charge in [-0.05, 0) is 64.0 Å². The van der Waals surface area contributed by atoms with Crippen LogP contribution in [0.2, 0.25) is 0 Å². The Labute approximate surface area is 129 Å². The molecule has 0 radical (unpaired) electrons. The van der Waals surface area contributed by atoms with Crippen LogP contribution in [-0.2, 0) is 0 Å². The first kappa shape index (κ1) is 14.9. The molecule has 0 aliphatic carbocycles. The Morgan fingerprint density at radius 2 is 1.90 bits per heavy atom. The number of likely N-dealkylation sites (tertiary alicyclic amines) is 1. The van der Waals surface area contributed by atoms with E-state index in [9.17, 15) is 0 Å². The van der Waals surface area contributed by atoms with Gasteiger partial charge >= 0.3 is 0 Å². The predicted molar refractivity (Wildman–Crippen MR) is 90.0 cm³/mol. The van der Waals surface area contributed by atoms with Crippen LogP contribution in [0.15, 0.2) is 24.3 Å². The summed E-state index contributed by atoms with van der Waals surface area (Å²) in [4.78, 5) is 5.03. The topological polar surface area (TPSA) is 18.5 Å². The van der Waals surface area contributed by atoms with E-state index in [0.717, 1.165) is 12.5 Å². The molecule has 0 amide bonds. The van der Waals surface area contributed by atoms with Crippen molar-refractivity contribution < 1.29 is 0 Å². The van der Waals surface area contributed by atoms with Crippen LogP contribution in [0.4, 0.5) is 5.69 Å². The second-order valence-electron chi connectivity index (χ2n) is 6.97. The van der Waals surface area contributed by atoms with Crippen molar-refractivity contribution in [2.45, 2.75) is 25.2 Å². The minimum absolute atomic E-state index is 0.693. The SMILES string of the molecule is CN1CCC(CN(C)CC2CCNc3ccccc32)CC1. The van der Waals surface area contributed by atoms with Crippen LogP contribution in [-0.4, -0.2) is 56.6 Å². The molecule has 3 nitrogen and oxygen atoms in total. The number of piperidine rings is 1. The molecule has 21 heavy (non-hydrogen) atoms. The fraction of sp³-hybridized carbons (Fsp3) is 0.667. The number of rotatable bonds is 4. The quantitative estimate of drug-likeness (QED) is 0.918. The van der Waals surface area contributed by atoms with Crippen LogP contribution in [0.25, 0.3) is 0 Å². The van der Waals surface area contributed by atoms with Gasteiger partial charge in [0.25, 0.3) is 0 Å². The van der Waals surface area contributed by atoms with Crippen molar-refractivity contribution in [2.24, 2.45) is 5.92 Å². The highest BCUT2D eigenvalue weighted by molar-refractivity contribution is 5.54. The van der Waals surface area contributed by atoms with Gasteiger partial charge in [0.15, 0.2) is 0 Å². The molecule has 0 aromatic heterocycles. The third-order valence-corrected chi connectivity index (χ3v) is 5.15. The Morgan fingerprint density at radius 1 is 1.14 bits per heavy atom. The maximum absolute atomic E-state index is 3.53. The standard InChI is InChI=1S/C18H29N3/c1-20-11-8-15(9-12-20)13-21(2)14-16-7-10-19-18-6-4-3-5-17(16)18/h3-6,15-16,19H,7-14H2,1-2H3. The van der Waals surface area contributed by atoms with Crippen molar-refractivity contribution in [3.05, 3.63) is 29.8 Å². The lowest BCUT2D eigenvalue weighted by Gasteiger charge is -2.34. The molecule has 1 atom stereocenters. The number of nitrogens with zero attached hydrogens (tertiary/aromatic N) is 2. The average molecular weight is 287 g/mol. The monoisotopic (exact) mass is 287 g/mol. The molecule has 1 saturated heterocycles. The van der Waals surface area contributed by atoms with Gasteiger partial charge in [-0.3, -0.25) is 0 Å². The van der Waals surface area contributed by atoms with Gasteiger partial charge in [0, 0.05) is 31.2 Å². The zero-order valence-electron chi connectivity index (χ0n) is 13.5. The highest BCUT2D eigenvalue weighted by Crippen LogP contribution is 2.32. The Kier molecular flexibility index (Phi) is 4.81. The molecule has 0 bridgehead atoms. The summed E-state index contributed by atoms with van der Waals surface area (Å²) >= 11 is 0. The van der Waals surface area contributed by atoms with Crippen LogP contribution in [0.5, 0.6) is 0 Å². The van der Waals surface area contributed by atoms with Crippen LogP contribution < -0.4 is 5.32 Å². The molecule has 1 aromatic carbocycles. The number of hydrogen-bond donors (Lipinski definition) is 1. The fourth-order valence-electron chi connectivity index (χ4n) is 3.88. The van der Waals surface area contributed by atoms with Gasteiger partial charge in [-0.2, -0.15) is 0 Å². The maximum atomic E-state index is 3.53. The molecule has 1 fully saturated rings. The molecular formula is C18H29N3. The van der Waals surface area contributed by atoms with Crippen molar-refractivity contribution in [1.82, 2.24) is 9.80 Å². The van der Waals surface area contributed by atoms with Crippen molar-refractivity contribution in [3.8, 4) is 0 Å². The summed E-state index contributed by atoms with van der Waals surface area (Å²) in [5, 5.41) is 3.53. The maximum Gasteiger partial charge on any atom is 0.0376 e. The van der Waals surface area contributed by atoms with E-state index in [1.165, 1.54) is 56.7 Å². The van der Waals surface area contributed by atoms with Crippen molar-refractivity contribution in [3.63, 3.8) is 0 Å². The number of hydrogen-bond acceptors (Lipinski definition) is 3. The first-order valence-corrected chi connectivity index (χ1v) is 8.42. The molecule has 1 unspecified atom stereocenters. The molecule has 2 aliphatic heterocycles. The third kappa shape index (κ3) is 3.78. The summed E-state index contributed by atoms with van der Waals surface area (Å²) < 4.78 is 0. The van der Waals surface area contributed by atoms with Gasteiger partial charge < -0.3 is 15.1 Å². The molecule has 3 heteroatoms. The molecule has 3 rings (SSSR count). The smallest absolute Gasteiger partial charge is 0.0376 e. The van der Waals surface area contributed by atoms with Crippen LogP contribution in [0.1, 0.15) is 30.7 Å². The molecular weight excluding hydrogens is 258 g/mol. The lowest BCUT2D eigenvalue weighted by Crippen LogP contribution is -2.37. The summed E-state index contributed by atoms with van der Waals surface area (Å²) in [7, 11) is 4.55. The summed E-state index contributed by atoms with van der Waals surface area (Å²) in [5.74, 6) is 1.59. The Balaban J connectivity index is 1.54. The highest BCUT2D eigenvalue weighted by Gasteiger charge is 2.23. The van der Waals surface area contributed by atoms with Crippen LogP contribution >= 0.6 is 0 Å². The van der Waals surface area contributed by atoms with Crippen LogP contribution in [0.3, 0.4) is 0 Å². The summed E-state index contributed by atoms with van der Waals surface area (Å²) in [6.07, 6.45) is 3.99. The predicted octanol–water partition coefficient (Wildman–Crippen LogP) is 2.86. The average Bonchev–Trinajstić information content (AvgIpc) is 2.50. The Morgan fingerprint density at radius 3 is 2.71 bits per heavy atom. The summed E-state index contributed by atoms with van der Waals surface area (Å²) in [5.41, 5.74) is 2.86. The van der Waals surface area contributed by atoms with Gasteiger partial charge in [-0.1, -0.05) is 18.2 Å². The number of likely N-dealkylation sites (N-methyl/N-ethyl adjacent to an activating group) is 1. The number of nitrogens with one attached hydrogen (secondary N) is 1. The second kappa shape index (κ2) is 6.80. The lowest BCUT2D eigenvalue weighted by atomic mass is 9.90. The van der Waals surface area contributed by atoms with E-state index < -0.39 is 0 Å². The number of anilines is 1. The highest BCUT2D eigenvalue weighted by atomic mass is 15.1. The Hall–Kier alpha value is -1.06. The zero-order chi connectivity index (χ0) is 14.7. The van der Waals surface area contributed by atoms with Crippen molar-refractivity contribution >= 4 is 5.69 Å². The van der Waals surface area contributed by atoms with E-state index >= 15 is 0 Å². The molecule has 2 aliphatic rings. The first-order valence-electron chi connectivity index (χ1n) is 8.42. The van der Waals surface area contributed by atoms with Gasteiger partial charge in [-0.15, -0.1) is 0 Å². The van der Waals surface area contributed by atoms with E-state index in [1.807, 2.05) is 0 Å². The summed E-state index contributed by atoms with van der Waals surface area (Å²) in [6.45, 7) is 6.12. The van der Waals surface area contributed by atoms with Gasteiger partial charge in [-0.25, -0.2) is 0 Å². The molecule has 1 N–H and O–H groups in total.